The van der Waals surface area contributed by atoms with Gasteiger partial charge in [-0.25, -0.2) is 4.79 Å². The third-order valence-corrected chi connectivity index (χ3v) is 8.03. The van der Waals surface area contributed by atoms with Crippen LogP contribution >= 0.6 is 11.6 Å². The Kier molecular flexibility index (Phi) is 15.0. The van der Waals surface area contributed by atoms with Crippen molar-refractivity contribution in [2.45, 2.75) is 76.2 Å². The van der Waals surface area contributed by atoms with Crippen LogP contribution in [0.1, 0.15) is 74.4 Å². The van der Waals surface area contributed by atoms with Crippen molar-refractivity contribution in [1.82, 2.24) is 20.2 Å². The molecule has 3 atom stereocenters. The van der Waals surface area contributed by atoms with E-state index in [-0.39, 0.29) is 29.7 Å². The van der Waals surface area contributed by atoms with Crippen molar-refractivity contribution in [3.8, 4) is 0 Å². The third-order valence-electron chi connectivity index (χ3n) is 7.77. The van der Waals surface area contributed by atoms with Gasteiger partial charge in [-0.2, -0.15) is 0 Å². The van der Waals surface area contributed by atoms with Crippen LogP contribution in [0, 0.1) is 11.8 Å². The summed E-state index contributed by atoms with van der Waals surface area (Å²) in [6, 6.07) is 0. The summed E-state index contributed by atoms with van der Waals surface area (Å²) in [4.78, 5) is 52.0. The summed E-state index contributed by atoms with van der Waals surface area (Å²) in [5.74, 6) is 0.152. The van der Waals surface area contributed by atoms with Crippen LogP contribution < -0.4 is 21.9 Å². The van der Waals surface area contributed by atoms with Crippen LogP contribution in [0.5, 0.6) is 0 Å². The lowest BCUT2D eigenvalue weighted by atomic mass is 9.81. The number of aromatic nitrogens is 2. The number of hydrogen-bond donors (Lipinski definition) is 5. The molecule has 2 aliphatic rings. The summed E-state index contributed by atoms with van der Waals surface area (Å²) >= 11 is 5.65. The standard InChI is InChI=1S/C28H45ClN4O9/c29-9-3-1-2-4-11-40-13-14-41-12-10-30-25(36)20-7-5-19(6-8-20)16-31-26(37)21-17-33(28(39)32-27(21)38)24-15-22(35)23(18-34)42-24/h17,19-20,22-24,34-35H,1-16,18H2,(H,30,36)(H,31,37)(H,32,38,39)/t19?,20?,22?,23-,24-/m1/s1. The highest BCUT2D eigenvalue weighted by molar-refractivity contribution is 6.17. The van der Waals surface area contributed by atoms with E-state index in [9.17, 15) is 29.4 Å². The van der Waals surface area contributed by atoms with Crippen molar-refractivity contribution in [2.75, 3.05) is 52.0 Å². The second kappa shape index (κ2) is 18.4. The number of hydrogen-bond acceptors (Lipinski definition) is 9. The molecular formula is C28H45ClN4O9. The molecule has 5 N–H and O–H groups in total. The highest BCUT2D eigenvalue weighted by atomic mass is 35.5. The maximum atomic E-state index is 12.8. The summed E-state index contributed by atoms with van der Waals surface area (Å²) in [6.07, 6.45) is 5.63. The van der Waals surface area contributed by atoms with Crippen molar-refractivity contribution in [1.29, 1.82) is 0 Å². The number of halogens is 1. The average Bonchev–Trinajstić information content (AvgIpc) is 3.36. The summed E-state index contributed by atoms with van der Waals surface area (Å²) in [5.41, 5.74) is -1.85. The monoisotopic (exact) mass is 616 g/mol. The highest BCUT2D eigenvalue weighted by Crippen LogP contribution is 2.29. The van der Waals surface area contributed by atoms with E-state index in [1.165, 1.54) is 0 Å². The Bertz CT molecular complexity index is 1090. The second-order valence-electron chi connectivity index (χ2n) is 10.9. The van der Waals surface area contributed by atoms with Gasteiger partial charge in [0.2, 0.25) is 5.91 Å². The van der Waals surface area contributed by atoms with Crippen LogP contribution in [0.2, 0.25) is 0 Å². The maximum Gasteiger partial charge on any atom is 0.330 e. The minimum absolute atomic E-state index is 0.00533. The lowest BCUT2D eigenvalue weighted by molar-refractivity contribution is -0.126. The van der Waals surface area contributed by atoms with Crippen molar-refractivity contribution >= 4 is 23.4 Å². The van der Waals surface area contributed by atoms with Crippen molar-refractivity contribution < 1.29 is 34.0 Å². The summed E-state index contributed by atoms with van der Waals surface area (Å²) in [5, 5.41) is 24.9. The van der Waals surface area contributed by atoms with Gasteiger partial charge >= 0.3 is 5.69 Å². The van der Waals surface area contributed by atoms with Crippen LogP contribution in [-0.2, 0) is 19.0 Å². The Hall–Kier alpha value is -2.29. The second-order valence-corrected chi connectivity index (χ2v) is 11.2. The molecule has 1 saturated carbocycles. The van der Waals surface area contributed by atoms with E-state index in [0.29, 0.717) is 51.6 Å². The molecule has 0 radical (unpaired) electrons. The number of carbonyl (C=O) groups is 2. The van der Waals surface area contributed by atoms with E-state index in [1.54, 1.807) is 0 Å². The largest absolute Gasteiger partial charge is 0.394 e. The van der Waals surface area contributed by atoms with Gasteiger partial charge in [0.1, 0.15) is 17.9 Å². The Morgan fingerprint density at radius 1 is 1.02 bits per heavy atom. The maximum absolute atomic E-state index is 12.8. The first-order chi connectivity index (χ1) is 20.3. The zero-order valence-corrected chi connectivity index (χ0v) is 24.8. The first-order valence-electron chi connectivity index (χ1n) is 14.9. The van der Waals surface area contributed by atoms with Gasteiger partial charge in [0.15, 0.2) is 0 Å². The average molecular weight is 617 g/mol. The Morgan fingerprint density at radius 2 is 1.74 bits per heavy atom. The van der Waals surface area contributed by atoms with Crippen molar-refractivity contribution in [3.63, 3.8) is 0 Å². The number of aromatic amines is 1. The number of unbranched alkanes of at least 4 members (excludes halogenated alkanes) is 3. The first-order valence-corrected chi connectivity index (χ1v) is 15.4. The number of aliphatic hydroxyl groups is 2. The summed E-state index contributed by atoms with van der Waals surface area (Å²) < 4.78 is 17.6. The lowest BCUT2D eigenvalue weighted by Crippen LogP contribution is -2.40. The zero-order chi connectivity index (χ0) is 30.3. The molecule has 0 spiro atoms. The minimum Gasteiger partial charge on any atom is -0.394 e. The number of nitrogens with zero attached hydrogens (tertiary/aromatic N) is 1. The summed E-state index contributed by atoms with van der Waals surface area (Å²) in [6.45, 7) is 2.52. The minimum atomic E-state index is -0.974. The van der Waals surface area contributed by atoms with E-state index in [0.717, 1.165) is 55.9 Å². The lowest BCUT2D eigenvalue weighted by Gasteiger charge is -2.28. The smallest absolute Gasteiger partial charge is 0.330 e. The number of H-pyrrole nitrogens is 1. The van der Waals surface area contributed by atoms with E-state index < -0.39 is 42.2 Å². The fourth-order valence-corrected chi connectivity index (χ4v) is 5.43. The zero-order valence-electron chi connectivity index (χ0n) is 24.1. The molecule has 238 valence electrons. The first kappa shape index (κ1) is 34.2. The number of rotatable bonds is 18. The van der Waals surface area contributed by atoms with Gasteiger partial charge in [-0.1, -0.05) is 12.8 Å². The van der Waals surface area contributed by atoms with E-state index in [2.05, 4.69) is 15.6 Å². The molecular weight excluding hydrogens is 572 g/mol. The van der Waals surface area contributed by atoms with Crippen LogP contribution in [0.4, 0.5) is 0 Å². The van der Waals surface area contributed by atoms with Crippen LogP contribution in [0.15, 0.2) is 15.8 Å². The normalized spacial score (nSPS) is 24.0. The molecule has 42 heavy (non-hydrogen) atoms. The molecule has 0 bridgehead atoms. The van der Waals surface area contributed by atoms with Gasteiger partial charge in [0.05, 0.1) is 32.5 Å². The number of carbonyl (C=O) groups excluding carboxylic acids is 2. The predicted molar refractivity (Wildman–Crippen MR) is 155 cm³/mol. The molecule has 1 saturated heterocycles. The molecule has 3 rings (SSSR count). The molecule has 1 aliphatic heterocycles. The molecule has 2 amide bonds. The quantitative estimate of drug-likeness (QED) is 0.117. The molecule has 2 heterocycles. The van der Waals surface area contributed by atoms with Gasteiger partial charge in [-0.15, -0.1) is 11.6 Å². The van der Waals surface area contributed by atoms with Gasteiger partial charge in [-0.05, 0) is 44.4 Å². The van der Waals surface area contributed by atoms with Crippen molar-refractivity contribution in [2.24, 2.45) is 11.8 Å². The topological polar surface area (TPSA) is 181 Å². The summed E-state index contributed by atoms with van der Waals surface area (Å²) in [7, 11) is 0. The number of nitrogens with one attached hydrogen (secondary N) is 3. The van der Waals surface area contributed by atoms with E-state index in [1.807, 2.05) is 0 Å². The predicted octanol–water partition coefficient (Wildman–Crippen LogP) is 0.662. The van der Waals surface area contributed by atoms with E-state index >= 15 is 0 Å². The molecule has 13 nitrogen and oxygen atoms in total. The van der Waals surface area contributed by atoms with Crippen LogP contribution in [0.3, 0.4) is 0 Å². The number of alkyl halides is 1. The Morgan fingerprint density at radius 3 is 2.43 bits per heavy atom. The molecule has 1 aromatic heterocycles. The van der Waals surface area contributed by atoms with E-state index in [4.69, 9.17) is 25.8 Å². The fourth-order valence-electron chi connectivity index (χ4n) is 5.24. The molecule has 1 unspecified atom stereocenters. The molecule has 2 fully saturated rings. The molecule has 1 aliphatic carbocycles. The third kappa shape index (κ3) is 10.8. The fraction of sp³-hybridized carbons (Fsp3) is 0.786. The number of ether oxygens (including phenoxy) is 3. The van der Waals surface area contributed by atoms with Gasteiger partial charge < -0.3 is 35.1 Å². The Labute approximate surface area is 250 Å². The molecule has 1 aromatic rings. The molecule has 14 heteroatoms. The number of amides is 2. The SMILES string of the molecule is O=C(NCC1CCC(C(=O)NCCOCCOCCCCCCCl)CC1)c1cn([C@H]2CC(O)[C@@H](CO)O2)c(=O)[nH]c1=O. The Balaban J connectivity index is 1.30. The van der Waals surface area contributed by atoms with Gasteiger partial charge in [0.25, 0.3) is 11.5 Å². The van der Waals surface area contributed by atoms with Crippen LogP contribution in [0.25, 0.3) is 0 Å². The van der Waals surface area contributed by atoms with Crippen LogP contribution in [-0.4, -0.2) is 95.8 Å². The molecule has 0 aromatic carbocycles. The highest BCUT2D eigenvalue weighted by Gasteiger charge is 2.35. The van der Waals surface area contributed by atoms with Crippen molar-refractivity contribution in [3.05, 3.63) is 32.6 Å². The number of aliphatic hydroxyl groups excluding tert-OH is 2. The van der Waals surface area contributed by atoms with Gasteiger partial charge in [-0.3, -0.25) is 23.9 Å². The van der Waals surface area contributed by atoms with Gasteiger partial charge in [0, 0.05) is 44.1 Å².